The van der Waals surface area contributed by atoms with Gasteiger partial charge in [0.05, 0.1) is 20.8 Å². The van der Waals surface area contributed by atoms with Crippen molar-refractivity contribution in [1.29, 1.82) is 0 Å². The Kier molecular flexibility index (Phi) is 10.2. The van der Waals surface area contributed by atoms with Gasteiger partial charge in [0.2, 0.25) is 5.75 Å². The summed E-state index contributed by atoms with van der Waals surface area (Å²) in [5.74, 6) is 1.47. The summed E-state index contributed by atoms with van der Waals surface area (Å²) in [5, 5.41) is 14.0. The first-order valence-electron chi connectivity index (χ1n) is 8.66. The van der Waals surface area contributed by atoms with Crippen molar-refractivity contribution >= 4 is 41.5 Å². The van der Waals surface area contributed by atoms with Crippen molar-refractivity contribution in [3.05, 3.63) is 52.5 Å². The molecule has 0 heterocycles. The van der Waals surface area contributed by atoms with Crippen molar-refractivity contribution in [2.45, 2.75) is 20.0 Å². The molecular weight excluding hydrogens is 493 g/mol. The maximum absolute atomic E-state index is 10.0. The van der Waals surface area contributed by atoms with E-state index in [1.807, 2.05) is 43.1 Å². The highest BCUT2D eigenvalue weighted by atomic mass is 127. The zero-order chi connectivity index (χ0) is 19.8. The van der Waals surface area contributed by atoms with Crippen LogP contribution in [0.2, 0.25) is 5.02 Å². The normalized spacial score (nSPS) is 10.8. The van der Waals surface area contributed by atoms with Gasteiger partial charge < -0.3 is 24.8 Å². The van der Waals surface area contributed by atoms with E-state index >= 15 is 0 Å². The first kappa shape index (κ1) is 24.2. The minimum absolute atomic E-state index is 0. The molecule has 2 aromatic carbocycles. The summed E-state index contributed by atoms with van der Waals surface area (Å²) < 4.78 is 10.4. The molecule has 0 saturated heterocycles. The molecule has 154 valence electrons. The minimum Gasteiger partial charge on any atom is -0.502 e. The van der Waals surface area contributed by atoms with Crippen LogP contribution in [-0.4, -0.2) is 43.8 Å². The first-order valence-corrected chi connectivity index (χ1v) is 9.04. The van der Waals surface area contributed by atoms with Crippen LogP contribution in [0.5, 0.6) is 17.2 Å². The third kappa shape index (κ3) is 6.63. The van der Waals surface area contributed by atoms with Gasteiger partial charge in [-0.1, -0.05) is 23.7 Å². The van der Waals surface area contributed by atoms with Crippen LogP contribution in [0.1, 0.15) is 18.1 Å². The first-order chi connectivity index (χ1) is 13.0. The van der Waals surface area contributed by atoms with Crippen molar-refractivity contribution in [1.82, 2.24) is 10.2 Å². The van der Waals surface area contributed by atoms with Crippen molar-refractivity contribution < 1.29 is 14.6 Å². The third-order valence-electron chi connectivity index (χ3n) is 3.96. The number of methoxy groups -OCH3 is 2. The number of hydrogen-bond donors (Lipinski definition) is 2. The van der Waals surface area contributed by atoms with Crippen molar-refractivity contribution in [2.75, 3.05) is 27.8 Å². The molecule has 2 rings (SSSR count). The van der Waals surface area contributed by atoms with E-state index in [0.717, 1.165) is 23.6 Å². The number of guanidine groups is 1. The van der Waals surface area contributed by atoms with E-state index in [1.165, 1.54) is 14.2 Å². The van der Waals surface area contributed by atoms with Crippen LogP contribution in [0.3, 0.4) is 0 Å². The molecule has 0 saturated carbocycles. The zero-order valence-corrected chi connectivity index (χ0v) is 19.6. The molecule has 2 aromatic rings. The Morgan fingerprint density at radius 2 is 1.79 bits per heavy atom. The fourth-order valence-corrected chi connectivity index (χ4v) is 2.87. The molecule has 0 atom stereocenters. The summed E-state index contributed by atoms with van der Waals surface area (Å²) in [5.41, 5.74) is 1.97. The van der Waals surface area contributed by atoms with Crippen LogP contribution in [0, 0.1) is 0 Å². The monoisotopic (exact) mass is 519 g/mol. The van der Waals surface area contributed by atoms with Crippen LogP contribution >= 0.6 is 35.6 Å². The molecule has 28 heavy (non-hydrogen) atoms. The van der Waals surface area contributed by atoms with Gasteiger partial charge in [-0.15, -0.1) is 24.0 Å². The maximum Gasteiger partial charge on any atom is 0.200 e. The van der Waals surface area contributed by atoms with Gasteiger partial charge in [0.15, 0.2) is 17.5 Å². The molecule has 6 nitrogen and oxygen atoms in total. The summed E-state index contributed by atoms with van der Waals surface area (Å²) in [7, 11) is 4.98. The molecule has 0 fully saturated rings. The highest BCUT2D eigenvalue weighted by Gasteiger charge is 2.12. The number of hydrogen-bond acceptors (Lipinski definition) is 4. The van der Waals surface area contributed by atoms with Gasteiger partial charge in [0, 0.05) is 25.2 Å². The molecule has 0 spiro atoms. The summed E-state index contributed by atoms with van der Waals surface area (Å²) in [4.78, 5) is 6.72. The Morgan fingerprint density at radius 3 is 2.32 bits per heavy atom. The maximum atomic E-state index is 10.0. The second kappa shape index (κ2) is 11.9. The minimum atomic E-state index is -0.0160. The second-order valence-electron chi connectivity index (χ2n) is 6.01. The summed E-state index contributed by atoms with van der Waals surface area (Å²) in [6, 6.07) is 11.3. The average molecular weight is 520 g/mol. The van der Waals surface area contributed by atoms with Crippen LogP contribution in [0.15, 0.2) is 41.4 Å². The smallest absolute Gasteiger partial charge is 0.200 e. The van der Waals surface area contributed by atoms with Crippen LogP contribution < -0.4 is 14.8 Å². The van der Waals surface area contributed by atoms with Gasteiger partial charge in [0.1, 0.15) is 0 Å². The molecule has 0 aromatic heterocycles. The Morgan fingerprint density at radius 1 is 1.14 bits per heavy atom. The summed E-state index contributed by atoms with van der Waals surface area (Å²) >= 11 is 6.07. The van der Waals surface area contributed by atoms with Crippen LogP contribution in [-0.2, 0) is 13.1 Å². The molecule has 0 unspecified atom stereocenters. The highest BCUT2D eigenvalue weighted by Crippen LogP contribution is 2.37. The molecular formula is C20H27ClIN3O3. The Hall–Kier alpha value is -1.87. The van der Waals surface area contributed by atoms with E-state index in [1.54, 1.807) is 12.1 Å². The number of ether oxygens (including phenoxy) is 2. The van der Waals surface area contributed by atoms with Gasteiger partial charge in [0.25, 0.3) is 0 Å². The highest BCUT2D eigenvalue weighted by molar-refractivity contribution is 14.0. The number of nitrogens with zero attached hydrogens (tertiary/aromatic N) is 2. The fraction of sp³-hybridized carbons (Fsp3) is 0.350. The fourth-order valence-electron chi connectivity index (χ4n) is 2.66. The topological polar surface area (TPSA) is 66.3 Å². The van der Waals surface area contributed by atoms with Gasteiger partial charge in [-0.05, 0) is 42.3 Å². The van der Waals surface area contributed by atoms with Crippen molar-refractivity contribution in [3.63, 3.8) is 0 Å². The standard InChI is InChI=1S/C20H26ClN3O3.HI/c1-5-22-20(24(2)13-14-7-6-8-16(21)9-14)23-12-15-10-17(26-3)19(25)18(11-15)27-4;/h6-11,25H,5,12-13H2,1-4H3,(H,22,23);1H. The molecule has 0 amide bonds. The lowest BCUT2D eigenvalue weighted by Gasteiger charge is -2.22. The number of aliphatic imine (C=N–C) groups is 1. The van der Waals surface area contributed by atoms with Gasteiger partial charge in [-0.2, -0.15) is 0 Å². The van der Waals surface area contributed by atoms with E-state index in [0.29, 0.717) is 29.6 Å². The molecule has 0 bridgehead atoms. The zero-order valence-electron chi connectivity index (χ0n) is 16.5. The largest absolute Gasteiger partial charge is 0.502 e. The molecule has 2 N–H and O–H groups in total. The van der Waals surface area contributed by atoms with E-state index in [2.05, 4.69) is 10.3 Å². The Balaban J connectivity index is 0.00000392. The molecule has 0 aliphatic rings. The number of halogens is 2. The number of phenolic OH excluding ortho intramolecular Hbond substituents is 1. The van der Waals surface area contributed by atoms with E-state index in [4.69, 9.17) is 21.1 Å². The average Bonchev–Trinajstić information content (AvgIpc) is 2.65. The van der Waals surface area contributed by atoms with Gasteiger partial charge >= 0.3 is 0 Å². The van der Waals surface area contributed by atoms with E-state index in [9.17, 15) is 5.11 Å². The van der Waals surface area contributed by atoms with Crippen LogP contribution in [0.25, 0.3) is 0 Å². The lowest BCUT2D eigenvalue weighted by atomic mass is 10.2. The number of benzene rings is 2. The SMILES string of the molecule is CCNC(=NCc1cc(OC)c(O)c(OC)c1)N(C)Cc1cccc(Cl)c1.I. The van der Waals surface area contributed by atoms with Gasteiger partial charge in [-0.25, -0.2) is 4.99 Å². The van der Waals surface area contributed by atoms with E-state index < -0.39 is 0 Å². The number of nitrogens with one attached hydrogen (secondary N) is 1. The van der Waals surface area contributed by atoms with Crippen molar-refractivity contribution in [3.8, 4) is 17.2 Å². The van der Waals surface area contributed by atoms with Crippen LogP contribution in [0.4, 0.5) is 0 Å². The van der Waals surface area contributed by atoms with Gasteiger partial charge in [-0.3, -0.25) is 0 Å². The Bertz CT molecular complexity index is 777. The second-order valence-corrected chi connectivity index (χ2v) is 6.44. The number of aromatic hydroxyl groups is 1. The molecule has 0 aliphatic carbocycles. The predicted molar refractivity (Wildman–Crippen MR) is 124 cm³/mol. The Labute approximate surface area is 188 Å². The molecule has 0 aliphatic heterocycles. The number of phenols is 1. The lowest BCUT2D eigenvalue weighted by molar-refractivity contribution is 0.339. The molecule has 0 radical (unpaired) electrons. The quantitative estimate of drug-likeness (QED) is 0.325. The summed E-state index contributed by atoms with van der Waals surface area (Å²) in [6.45, 7) is 3.86. The number of rotatable bonds is 7. The van der Waals surface area contributed by atoms with E-state index in [-0.39, 0.29) is 29.7 Å². The summed E-state index contributed by atoms with van der Waals surface area (Å²) in [6.07, 6.45) is 0. The third-order valence-corrected chi connectivity index (χ3v) is 4.19. The predicted octanol–water partition coefficient (Wildman–Crippen LogP) is 4.28. The van der Waals surface area contributed by atoms with Crippen molar-refractivity contribution in [2.24, 2.45) is 4.99 Å². The molecule has 8 heteroatoms. The lowest BCUT2D eigenvalue weighted by Crippen LogP contribution is -2.38.